The van der Waals surface area contributed by atoms with Crippen LogP contribution in [0.5, 0.6) is 11.5 Å². The molecule has 0 saturated heterocycles. The number of nitro benzene ring substituents is 1. The minimum Gasteiger partial charge on any atom is -0.493 e. The zero-order chi connectivity index (χ0) is 18.9. The lowest BCUT2D eigenvalue weighted by Gasteiger charge is -2.13. The summed E-state index contributed by atoms with van der Waals surface area (Å²) in [4.78, 5) is 14.9. The Morgan fingerprint density at radius 3 is 2.52 bits per heavy atom. The van der Waals surface area contributed by atoms with Gasteiger partial charge in [0.2, 0.25) is 0 Å². The van der Waals surface area contributed by atoms with E-state index in [9.17, 15) is 10.1 Å². The van der Waals surface area contributed by atoms with E-state index in [1.807, 2.05) is 13.0 Å². The van der Waals surface area contributed by atoms with Gasteiger partial charge in [-0.3, -0.25) is 10.1 Å². The summed E-state index contributed by atoms with van der Waals surface area (Å²) in [6.07, 6.45) is 0. The van der Waals surface area contributed by atoms with Gasteiger partial charge in [-0.25, -0.2) is 4.99 Å². The second-order valence-corrected chi connectivity index (χ2v) is 5.32. The van der Waals surface area contributed by atoms with E-state index in [1.165, 1.54) is 12.1 Å². The molecule has 0 aromatic heterocycles. The number of benzene rings is 2. The van der Waals surface area contributed by atoms with Crippen molar-refractivity contribution in [3.05, 3.63) is 58.1 Å². The van der Waals surface area contributed by atoms with E-state index in [0.29, 0.717) is 30.5 Å². The Morgan fingerprint density at radius 2 is 1.89 bits per heavy atom. The molecule has 2 N–H and O–H groups in total. The van der Waals surface area contributed by atoms with Crippen molar-refractivity contribution in [3.63, 3.8) is 0 Å². The summed E-state index contributed by atoms with van der Waals surface area (Å²) < 4.78 is 10.5. The Kier molecular flexibility index (Phi) is 9.34. The van der Waals surface area contributed by atoms with Crippen LogP contribution in [0.4, 0.5) is 11.4 Å². The molecule has 0 amide bonds. The van der Waals surface area contributed by atoms with Crippen molar-refractivity contribution < 1.29 is 14.4 Å². The van der Waals surface area contributed by atoms with Gasteiger partial charge in [0.05, 0.1) is 25.7 Å². The third kappa shape index (κ3) is 6.59. The van der Waals surface area contributed by atoms with Crippen molar-refractivity contribution in [2.75, 3.05) is 26.1 Å². The number of halogens is 1. The average molecular weight is 486 g/mol. The fourth-order valence-corrected chi connectivity index (χ4v) is 2.30. The van der Waals surface area contributed by atoms with Crippen molar-refractivity contribution in [1.82, 2.24) is 5.32 Å². The van der Waals surface area contributed by atoms with Crippen molar-refractivity contribution in [1.29, 1.82) is 0 Å². The summed E-state index contributed by atoms with van der Waals surface area (Å²) in [7, 11) is 3.15. The van der Waals surface area contributed by atoms with Crippen LogP contribution in [0, 0.1) is 10.1 Å². The minimum atomic E-state index is -0.416. The lowest BCUT2D eigenvalue weighted by atomic mass is 10.2. The summed E-state index contributed by atoms with van der Waals surface area (Å²) in [6.45, 7) is 2.94. The molecule has 0 unspecified atom stereocenters. The van der Waals surface area contributed by atoms with Gasteiger partial charge in [0.1, 0.15) is 0 Å². The van der Waals surface area contributed by atoms with Crippen LogP contribution in [0.2, 0.25) is 0 Å². The molecule has 0 saturated carbocycles. The molecule has 146 valence electrons. The highest BCUT2D eigenvalue weighted by Gasteiger charge is 2.08. The molecule has 2 aromatic rings. The van der Waals surface area contributed by atoms with Crippen LogP contribution < -0.4 is 20.1 Å². The fourth-order valence-electron chi connectivity index (χ4n) is 2.30. The van der Waals surface area contributed by atoms with Gasteiger partial charge in [0, 0.05) is 30.4 Å². The number of methoxy groups -OCH3 is 2. The quantitative estimate of drug-likeness (QED) is 0.203. The third-order valence-electron chi connectivity index (χ3n) is 3.53. The van der Waals surface area contributed by atoms with Crippen LogP contribution >= 0.6 is 24.0 Å². The molecule has 0 atom stereocenters. The number of rotatable bonds is 7. The highest BCUT2D eigenvalue weighted by molar-refractivity contribution is 14.0. The van der Waals surface area contributed by atoms with Gasteiger partial charge >= 0.3 is 0 Å². The summed E-state index contributed by atoms with van der Waals surface area (Å²) >= 11 is 0. The van der Waals surface area contributed by atoms with Crippen LogP contribution in [0.1, 0.15) is 12.5 Å². The lowest BCUT2D eigenvalue weighted by Crippen LogP contribution is -2.30. The van der Waals surface area contributed by atoms with E-state index in [1.54, 1.807) is 38.5 Å². The highest BCUT2D eigenvalue weighted by atomic mass is 127. The third-order valence-corrected chi connectivity index (χ3v) is 3.53. The normalized spacial score (nSPS) is 10.6. The molecule has 0 aliphatic heterocycles. The molecule has 9 heteroatoms. The topological polar surface area (TPSA) is 98.0 Å². The highest BCUT2D eigenvalue weighted by Crippen LogP contribution is 2.29. The number of nitro groups is 1. The molecular formula is C18H23IN4O4. The summed E-state index contributed by atoms with van der Waals surface area (Å²) in [6, 6.07) is 11.9. The monoisotopic (exact) mass is 486 g/mol. The molecule has 0 aliphatic carbocycles. The predicted molar refractivity (Wildman–Crippen MR) is 116 cm³/mol. The van der Waals surface area contributed by atoms with Gasteiger partial charge in [0.15, 0.2) is 17.5 Å². The lowest BCUT2D eigenvalue weighted by molar-refractivity contribution is -0.384. The van der Waals surface area contributed by atoms with Gasteiger partial charge in [-0.2, -0.15) is 0 Å². The first-order valence-corrected chi connectivity index (χ1v) is 8.08. The van der Waals surface area contributed by atoms with Gasteiger partial charge in [0.25, 0.3) is 5.69 Å². The molecule has 0 bridgehead atoms. The van der Waals surface area contributed by atoms with Gasteiger partial charge in [-0.15, -0.1) is 24.0 Å². The minimum absolute atomic E-state index is 0. The van der Waals surface area contributed by atoms with E-state index >= 15 is 0 Å². The number of hydrogen-bond acceptors (Lipinski definition) is 5. The number of ether oxygens (including phenoxy) is 2. The first-order valence-electron chi connectivity index (χ1n) is 8.08. The Labute approximate surface area is 175 Å². The fraction of sp³-hybridized carbons (Fsp3) is 0.278. The maximum atomic E-state index is 10.9. The maximum Gasteiger partial charge on any atom is 0.269 e. The molecule has 27 heavy (non-hydrogen) atoms. The van der Waals surface area contributed by atoms with Crippen LogP contribution in [0.3, 0.4) is 0 Å². The number of hydrogen-bond donors (Lipinski definition) is 2. The standard InChI is InChI=1S/C18H22N4O4.HI/c1-4-19-18(20-12-13-6-5-7-15(10-13)22(23)24)21-14-8-9-16(25-2)17(11-14)26-3;/h5-11H,4,12H2,1-3H3,(H2,19,20,21);1H. The smallest absolute Gasteiger partial charge is 0.269 e. The molecule has 8 nitrogen and oxygen atoms in total. The van der Waals surface area contributed by atoms with Crippen LogP contribution in [0.15, 0.2) is 47.5 Å². The summed E-state index contributed by atoms with van der Waals surface area (Å²) in [5.41, 5.74) is 1.58. The van der Waals surface area contributed by atoms with E-state index in [0.717, 1.165) is 11.3 Å². The van der Waals surface area contributed by atoms with Gasteiger partial charge < -0.3 is 20.1 Å². The van der Waals surface area contributed by atoms with Crippen LogP contribution in [-0.2, 0) is 6.54 Å². The Hall–Kier alpha value is -2.56. The Morgan fingerprint density at radius 1 is 1.15 bits per heavy atom. The molecule has 2 rings (SSSR count). The van der Waals surface area contributed by atoms with Crippen LogP contribution in [0.25, 0.3) is 0 Å². The van der Waals surface area contributed by atoms with E-state index in [4.69, 9.17) is 9.47 Å². The Balaban J connectivity index is 0.00000364. The summed E-state index contributed by atoms with van der Waals surface area (Å²) in [5.74, 6) is 1.80. The molecular weight excluding hydrogens is 463 g/mol. The molecule has 0 radical (unpaired) electrons. The van der Waals surface area contributed by atoms with Crippen molar-refractivity contribution in [2.24, 2.45) is 4.99 Å². The molecule has 0 aliphatic rings. The second-order valence-electron chi connectivity index (χ2n) is 5.32. The second kappa shape index (κ2) is 11.2. The number of aliphatic imine (C=N–C) groups is 1. The van der Waals surface area contributed by atoms with Gasteiger partial charge in [-0.05, 0) is 24.6 Å². The molecule has 0 spiro atoms. The SMILES string of the molecule is CCNC(=NCc1cccc([N+](=O)[O-])c1)Nc1ccc(OC)c(OC)c1.I. The largest absolute Gasteiger partial charge is 0.493 e. The number of anilines is 1. The van der Waals surface area contributed by atoms with E-state index in [2.05, 4.69) is 15.6 Å². The predicted octanol–water partition coefficient (Wildman–Crippen LogP) is 3.81. The van der Waals surface area contributed by atoms with Gasteiger partial charge in [-0.1, -0.05) is 12.1 Å². The van der Waals surface area contributed by atoms with E-state index in [-0.39, 0.29) is 29.7 Å². The van der Waals surface area contributed by atoms with Crippen LogP contribution in [-0.4, -0.2) is 31.6 Å². The number of non-ortho nitro benzene ring substituents is 1. The average Bonchev–Trinajstić information content (AvgIpc) is 2.66. The summed E-state index contributed by atoms with van der Waals surface area (Å²) in [5, 5.41) is 17.2. The molecule has 0 heterocycles. The Bertz CT molecular complexity index is 799. The van der Waals surface area contributed by atoms with Crippen molar-refractivity contribution in [3.8, 4) is 11.5 Å². The van der Waals surface area contributed by atoms with Crippen molar-refractivity contribution in [2.45, 2.75) is 13.5 Å². The number of guanidine groups is 1. The zero-order valence-electron chi connectivity index (χ0n) is 15.4. The van der Waals surface area contributed by atoms with Crippen molar-refractivity contribution >= 4 is 41.3 Å². The first kappa shape index (κ1) is 22.5. The number of nitrogens with one attached hydrogen (secondary N) is 2. The molecule has 2 aromatic carbocycles. The first-order chi connectivity index (χ1) is 12.6. The maximum absolute atomic E-state index is 10.9. The number of nitrogens with zero attached hydrogens (tertiary/aromatic N) is 2. The molecule has 0 fully saturated rings. The van der Waals surface area contributed by atoms with E-state index < -0.39 is 4.92 Å². The zero-order valence-corrected chi connectivity index (χ0v) is 17.7.